The lowest BCUT2D eigenvalue weighted by atomic mass is 10.0. The molecule has 3 fully saturated rings. The molecular weight excluding hydrogens is 518 g/mol. The highest BCUT2D eigenvalue weighted by Crippen LogP contribution is 2.32. The van der Waals surface area contributed by atoms with Crippen LogP contribution in [0.15, 0.2) is 48.5 Å². The van der Waals surface area contributed by atoms with E-state index in [1.165, 1.54) is 23.1 Å². The molecule has 0 radical (unpaired) electrons. The van der Waals surface area contributed by atoms with Crippen molar-refractivity contribution < 1.29 is 19.1 Å². The molecule has 4 aliphatic rings. The maximum absolute atomic E-state index is 13.0. The van der Waals surface area contributed by atoms with Crippen LogP contribution in [0.25, 0.3) is 10.9 Å². The molecule has 9 nitrogen and oxygen atoms in total. The number of amides is 3. The second kappa shape index (κ2) is 10.5. The molecule has 3 amide bonds. The zero-order valence-corrected chi connectivity index (χ0v) is 23.3. The van der Waals surface area contributed by atoms with Gasteiger partial charge >= 0.3 is 0 Å². The van der Waals surface area contributed by atoms with Gasteiger partial charge in [0, 0.05) is 61.7 Å². The number of likely N-dealkylation sites (tertiary alicyclic amines) is 2. The molecule has 212 valence electrons. The van der Waals surface area contributed by atoms with E-state index < -0.39 is 11.9 Å². The first-order valence-corrected chi connectivity index (χ1v) is 14.6. The topological polar surface area (TPSA) is 95.1 Å². The van der Waals surface area contributed by atoms with E-state index in [-0.39, 0.29) is 24.3 Å². The van der Waals surface area contributed by atoms with Crippen LogP contribution >= 0.6 is 0 Å². The summed E-state index contributed by atoms with van der Waals surface area (Å²) in [6.07, 6.45) is 2.80. The van der Waals surface area contributed by atoms with Crippen LogP contribution in [0.5, 0.6) is 5.75 Å². The number of imide groups is 1. The first-order valence-electron chi connectivity index (χ1n) is 14.6. The normalized spacial score (nSPS) is 25.2. The molecule has 1 aromatic heterocycles. The van der Waals surface area contributed by atoms with E-state index in [1.54, 1.807) is 11.0 Å². The van der Waals surface area contributed by atoms with E-state index in [0.717, 1.165) is 56.0 Å². The van der Waals surface area contributed by atoms with Crippen molar-refractivity contribution in [3.63, 3.8) is 0 Å². The Labute approximate surface area is 239 Å². The lowest BCUT2D eigenvalue weighted by Crippen LogP contribution is -2.52. The second-order valence-electron chi connectivity index (χ2n) is 12.0. The SMILES string of the molecule is CN1CC[C@@H](c2ccc3cc(CN4CC[C@H](Oc5ccc6c(c5)CN(C5CCC(=O)NC5=O)C6=O)C4)ccc3n2)C1. The number of fused-ring (bicyclic) bond motifs is 2. The van der Waals surface area contributed by atoms with Crippen LogP contribution < -0.4 is 10.1 Å². The molecule has 4 aliphatic heterocycles. The largest absolute Gasteiger partial charge is 0.489 e. The maximum atomic E-state index is 13.0. The van der Waals surface area contributed by atoms with Crippen molar-refractivity contribution in [2.24, 2.45) is 0 Å². The maximum Gasteiger partial charge on any atom is 0.255 e. The molecule has 7 rings (SSSR count). The van der Waals surface area contributed by atoms with Gasteiger partial charge in [0.15, 0.2) is 0 Å². The molecule has 3 aromatic rings. The summed E-state index contributed by atoms with van der Waals surface area (Å²) in [4.78, 5) is 48.2. The van der Waals surface area contributed by atoms with Crippen molar-refractivity contribution in [1.29, 1.82) is 0 Å². The molecule has 1 N–H and O–H groups in total. The van der Waals surface area contributed by atoms with Crippen molar-refractivity contribution in [3.8, 4) is 5.75 Å². The Hall–Kier alpha value is -3.82. The smallest absolute Gasteiger partial charge is 0.255 e. The van der Waals surface area contributed by atoms with E-state index in [4.69, 9.17) is 9.72 Å². The molecule has 0 bridgehead atoms. The van der Waals surface area contributed by atoms with Crippen LogP contribution in [-0.2, 0) is 22.7 Å². The molecular formula is C32H35N5O4. The Kier molecular flexibility index (Phi) is 6.71. The summed E-state index contributed by atoms with van der Waals surface area (Å²) in [5.74, 6) is 0.432. The summed E-state index contributed by atoms with van der Waals surface area (Å²) in [7, 11) is 2.17. The molecule has 0 aliphatic carbocycles. The molecule has 5 heterocycles. The minimum Gasteiger partial charge on any atom is -0.489 e. The minimum absolute atomic E-state index is 0.0746. The summed E-state index contributed by atoms with van der Waals surface area (Å²) in [5.41, 5.74) is 5.00. The van der Waals surface area contributed by atoms with Gasteiger partial charge in [-0.1, -0.05) is 12.1 Å². The Bertz CT molecular complexity index is 1540. The molecule has 0 saturated carbocycles. The van der Waals surface area contributed by atoms with E-state index in [2.05, 4.69) is 52.5 Å². The summed E-state index contributed by atoms with van der Waals surface area (Å²) < 4.78 is 6.35. The first kappa shape index (κ1) is 26.1. The van der Waals surface area contributed by atoms with Gasteiger partial charge in [-0.3, -0.25) is 29.6 Å². The molecule has 9 heteroatoms. The van der Waals surface area contributed by atoms with Crippen LogP contribution in [0, 0.1) is 0 Å². The van der Waals surface area contributed by atoms with Gasteiger partial charge in [-0.05, 0) is 80.4 Å². The Morgan fingerprint density at radius 3 is 2.71 bits per heavy atom. The van der Waals surface area contributed by atoms with Crippen LogP contribution in [0.1, 0.15) is 58.8 Å². The van der Waals surface area contributed by atoms with Crippen molar-refractivity contribution in [1.82, 2.24) is 25.0 Å². The zero-order valence-electron chi connectivity index (χ0n) is 23.3. The van der Waals surface area contributed by atoms with Crippen LogP contribution in [0.4, 0.5) is 0 Å². The number of carbonyl (C=O) groups is 3. The molecule has 2 aromatic carbocycles. The van der Waals surface area contributed by atoms with Gasteiger partial charge in [-0.2, -0.15) is 0 Å². The minimum atomic E-state index is -0.609. The standard InChI is InChI=1S/C32H35N5O4/c1-35-12-10-22(17-35)28-7-3-21-14-20(2-6-27(21)33-28)16-36-13-11-25(19-36)41-24-4-5-26-23(15-24)18-37(32(26)40)29-8-9-30(38)34-31(29)39/h2-7,14-15,22,25,29H,8-13,16-19H2,1H3,(H,34,38,39)/t22-,25+,29?/m1/s1. The number of ether oxygens (including phenoxy) is 1. The number of piperidine rings is 1. The van der Waals surface area contributed by atoms with Crippen molar-refractivity contribution >= 4 is 28.6 Å². The summed E-state index contributed by atoms with van der Waals surface area (Å²) in [5, 5.41) is 3.54. The predicted molar refractivity (Wildman–Crippen MR) is 153 cm³/mol. The highest BCUT2D eigenvalue weighted by atomic mass is 16.5. The third-order valence-corrected chi connectivity index (χ3v) is 9.02. The number of likely N-dealkylation sites (N-methyl/N-ethyl adjacent to an activating group) is 1. The van der Waals surface area contributed by atoms with Gasteiger partial charge in [0.2, 0.25) is 11.8 Å². The van der Waals surface area contributed by atoms with Crippen molar-refractivity contribution in [2.45, 2.75) is 56.8 Å². The fourth-order valence-electron chi connectivity index (χ4n) is 6.80. The summed E-state index contributed by atoms with van der Waals surface area (Å²) in [6, 6.07) is 16.0. The number of aromatic nitrogens is 1. The third kappa shape index (κ3) is 5.20. The van der Waals surface area contributed by atoms with Gasteiger partial charge in [0.1, 0.15) is 17.9 Å². The fourth-order valence-corrected chi connectivity index (χ4v) is 6.80. The third-order valence-electron chi connectivity index (χ3n) is 9.02. The highest BCUT2D eigenvalue weighted by molar-refractivity contribution is 6.05. The lowest BCUT2D eigenvalue weighted by Gasteiger charge is -2.29. The number of pyridine rings is 1. The number of nitrogens with one attached hydrogen (secondary N) is 1. The summed E-state index contributed by atoms with van der Waals surface area (Å²) >= 11 is 0. The average Bonchev–Trinajstić information content (AvgIpc) is 3.67. The van der Waals surface area contributed by atoms with Gasteiger partial charge < -0.3 is 14.5 Å². The number of hydrogen-bond acceptors (Lipinski definition) is 7. The number of benzene rings is 2. The Morgan fingerprint density at radius 2 is 1.88 bits per heavy atom. The van der Waals surface area contributed by atoms with Gasteiger partial charge in [-0.25, -0.2) is 0 Å². The Morgan fingerprint density at radius 1 is 0.976 bits per heavy atom. The highest BCUT2D eigenvalue weighted by Gasteiger charge is 2.39. The number of rotatable bonds is 6. The van der Waals surface area contributed by atoms with Gasteiger partial charge in [0.05, 0.1) is 5.52 Å². The molecule has 0 spiro atoms. The van der Waals surface area contributed by atoms with Crippen LogP contribution in [0.3, 0.4) is 0 Å². The van der Waals surface area contributed by atoms with Gasteiger partial charge in [0.25, 0.3) is 5.91 Å². The van der Waals surface area contributed by atoms with E-state index in [9.17, 15) is 14.4 Å². The van der Waals surface area contributed by atoms with E-state index in [1.807, 2.05) is 12.1 Å². The number of nitrogens with zero attached hydrogens (tertiary/aromatic N) is 4. The predicted octanol–water partition coefficient (Wildman–Crippen LogP) is 3.07. The van der Waals surface area contributed by atoms with Gasteiger partial charge in [-0.15, -0.1) is 0 Å². The summed E-state index contributed by atoms with van der Waals surface area (Å²) in [6.45, 7) is 5.23. The van der Waals surface area contributed by atoms with Crippen molar-refractivity contribution in [2.75, 3.05) is 33.2 Å². The number of carbonyl (C=O) groups excluding carboxylic acids is 3. The Balaban J connectivity index is 0.960. The number of hydrogen-bond donors (Lipinski definition) is 1. The second-order valence-corrected chi connectivity index (χ2v) is 12.0. The first-order chi connectivity index (χ1) is 19.9. The monoisotopic (exact) mass is 553 g/mol. The van der Waals surface area contributed by atoms with Crippen LogP contribution in [0.2, 0.25) is 0 Å². The van der Waals surface area contributed by atoms with E-state index in [0.29, 0.717) is 24.4 Å². The van der Waals surface area contributed by atoms with Crippen molar-refractivity contribution in [3.05, 3.63) is 70.9 Å². The van der Waals surface area contributed by atoms with Crippen LogP contribution in [-0.4, -0.2) is 82.8 Å². The average molecular weight is 554 g/mol. The molecule has 3 atom stereocenters. The molecule has 3 saturated heterocycles. The zero-order chi connectivity index (χ0) is 28.1. The van der Waals surface area contributed by atoms with E-state index >= 15 is 0 Å². The fraction of sp³-hybridized carbons (Fsp3) is 0.438. The molecule has 41 heavy (non-hydrogen) atoms. The molecule has 1 unspecified atom stereocenters. The quantitative estimate of drug-likeness (QED) is 0.469. The lowest BCUT2D eigenvalue weighted by molar-refractivity contribution is -0.136.